The molecule has 0 unspecified atom stereocenters. The lowest BCUT2D eigenvalue weighted by atomic mass is 10.0. The number of hydrogen-bond donors (Lipinski definition) is 1. The van der Waals surface area contributed by atoms with E-state index in [0.717, 1.165) is 53.9 Å². The second kappa shape index (κ2) is 11.5. The van der Waals surface area contributed by atoms with Gasteiger partial charge in [-0.2, -0.15) is 0 Å². The Morgan fingerprint density at radius 2 is 1.76 bits per heavy atom. The average Bonchev–Trinajstić information content (AvgIpc) is 2.85. The number of anilines is 1. The van der Waals surface area contributed by atoms with Crippen LogP contribution in [0.2, 0.25) is 0 Å². The summed E-state index contributed by atoms with van der Waals surface area (Å²) in [6.07, 6.45) is 1.49. The van der Waals surface area contributed by atoms with Gasteiger partial charge in [0.05, 0.1) is 6.42 Å². The molecule has 0 bridgehead atoms. The fourth-order valence-corrected chi connectivity index (χ4v) is 4.75. The Balaban J connectivity index is 1.56. The molecule has 0 spiro atoms. The molecule has 1 amide bonds. The molecule has 0 atom stereocenters. The van der Waals surface area contributed by atoms with Gasteiger partial charge < -0.3 is 10.2 Å². The maximum absolute atomic E-state index is 13.5. The number of aryl methyl sites for hydroxylation is 1. The first kappa shape index (κ1) is 23.5. The number of benzene rings is 3. The SMILES string of the molecule is Cc1ccccc1CC(=O)N1CCN(Cc2ccccc2)CCCNc2ccc(Br)cc2C1. The third-order valence-corrected chi connectivity index (χ3v) is 6.78. The summed E-state index contributed by atoms with van der Waals surface area (Å²) in [6, 6.07) is 25.1. The molecule has 33 heavy (non-hydrogen) atoms. The molecular weight excluding hydrogens is 474 g/mol. The Morgan fingerprint density at radius 1 is 0.970 bits per heavy atom. The van der Waals surface area contributed by atoms with Crippen LogP contribution >= 0.6 is 15.9 Å². The van der Waals surface area contributed by atoms with Crippen LogP contribution in [-0.2, 0) is 24.3 Å². The zero-order chi connectivity index (χ0) is 23.0. The lowest BCUT2D eigenvalue weighted by molar-refractivity contribution is -0.131. The Labute approximate surface area is 205 Å². The molecule has 1 N–H and O–H groups in total. The zero-order valence-corrected chi connectivity index (χ0v) is 20.9. The Hall–Kier alpha value is -2.63. The quantitative estimate of drug-likeness (QED) is 0.497. The van der Waals surface area contributed by atoms with Crippen molar-refractivity contribution >= 4 is 27.5 Å². The average molecular weight is 506 g/mol. The summed E-state index contributed by atoms with van der Waals surface area (Å²) < 4.78 is 1.04. The molecule has 1 aliphatic heterocycles. The highest BCUT2D eigenvalue weighted by Crippen LogP contribution is 2.24. The molecule has 1 heterocycles. The van der Waals surface area contributed by atoms with E-state index in [2.05, 4.69) is 93.7 Å². The van der Waals surface area contributed by atoms with E-state index < -0.39 is 0 Å². The van der Waals surface area contributed by atoms with Crippen LogP contribution in [0.5, 0.6) is 0 Å². The lowest BCUT2D eigenvalue weighted by Gasteiger charge is -2.28. The van der Waals surface area contributed by atoms with Crippen LogP contribution in [0, 0.1) is 6.92 Å². The van der Waals surface area contributed by atoms with Gasteiger partial charge in [-0.05, 0) is 53.8 Å². The van der Waals surface area contributed by atoms with E-state index in [9.17, 15) is 4.79 Å². The van der Waals surface area contributed by atoms with Crippen LogP contribution in [-0.4, -0.2) is 41.9 Å². The van der Waals surface area contributed by atoms with Gasteiger partial charge in [0, 0.05) is 49.4 Å². The summed E-state index contributed by atoms with van der Waals surface area (Å²) in [4.78, 5) is 18.0. The standard InChI is InChI=1S/C28H32BrN3O/c1-22-8-5-6-11-24(22)19-28(33)32-17-16-31(20-23-9-3-2-4-10-23)15-7-14-30-27-13-12-26(29)18-25(27)21-32/h2-6,8-13,18,30H,7,14-17,19-21H2,1H3. The van der Waals surface area contributed by atoms with Crippen LogP contribution in [0.15, 0.2) is 77.3 Å². The first-order valence-electron chi connectivity index (χ1n) is 11.7. The zero-order valence-electron chi connectivity index (χ0n) is 19.3. The van der Waals surface area contributed by atoms with E-state index in [4.69, 9.17) is 0 Å². The number of nitrogens with one attached hydrogen (secondary N) is 1. The molecule has 4 nitrogen and oxygen atoms in total. The van der Waals surface area contributed by atoms with Crippen molar-refractivity contribution in [2.45, 2.75) is 32.9 Å². The van der Waals surface area contributed by atoms with Gasteiger partial charge in [0.15, 0.2) is 0 Å². The number of halogens is 1. The molecule has 0 aliphatic carbocycles. The fourth-order valence-electron chi connectivity index (χ4n) is 4.35. The number of nitrogens with zero attached hydrogens (tertiary/aromatic N) is 2. The van der Waals surface area contributed by atoms with E-state index in [-0.39, 0.29) is 5.91 Å². The van der Waals surface area contributed by atoms with E-state index >= 15 is 0 Å². The molecule has 172 valence electrons. The Kier molecular flexibility index (Phi) is 8.19. The van der Waals surface area contributed by atoms with E-state index in [1.165, 1.54) is 11.1 Å². The summed E-state index contributed by atoms with van der Waals surface area (Å²) in [5.41, 5.74) is 5.84. The van der Waals surface area contributed by atoms with Crippen molar-refractivity contribution in [3.05, 3.63) is 99.5 Å². The minimum absolute atomic E-state index is 0.175. The van der Waals surface area contributed by atoms with Crippen molar-refractivity contribution in [3.63, 3.8) is 0 Å². The van der Waals surface area contributed by atoms with Crippen LogP contribution in [0.4, 0.5) is 5.69 Å². The molecule has 5 heteroatoms. The molecule has 0 aromatic heterocycles. The van der Waals surface area contributed by atoms with Gasteiger partial charge in [-0.25, -0.2) is 0 Å². The third kappa shape index (κ3) is 6.68. The van der Waals surface area contributed by atoms with Gasteiger partial charge in [0.25, 0.3) is 0 Å². The maximum atomic E-state index is 13.5. The van der Waals surface area contributed by atoms with Gasteiger partial charge in [0.1, 0.15) is 0 Å². The first-order valence-corrected chi connectivity index (χ1v) is 12.5. The lowest BCUT2D eigenvalue weighted by Crippen LogP contribution is -2.39. The van der Waals surface area contributed by atoms with Gasteiger partial charge in [-0.1, -0.05) is 70.5 Å². The van der Waals surface area contributed by atoms with Crippen molar-refractivity contribution in [3.8, 4) is 0 Å². The summed E-state index contributed by atoms with van der Waals surface area (Å²) in [6.45, 7) is 7.06. The predicted octanol–water partition coefficient (Wildman–Crippen LogP) is 5.65. The molecule has 3 aromatic carbocycles. The van der Waals surface area contributed by atoms with Crippen molar-refractivity contribution in [2.24, 2.45) is 0 Å². The molecule has 0 saturated carbocycles. The topological polar surface area (TPSA) is 35.6 Å². The normalized spacial score (nSPS) is 15.3. The predicted molar refractivity (Wildman–Crippen MR) is 139 cm³/mol. The highest BCUT2D eigenvalue weighted by molar-refractivity contribution is 9.10. The second-order valence-corrected chi connectivity index (χ2v) is 9.68. The maximum Gasteiger partial charge on any atom is 0.227 e. The number of rotatable bonds is 4. The summed E-state index contributed by atoms with van der Waals surface area (Å²) in [5, 5.41) is 3.61. The fraction of sp³-hybridized carbons (Fsp3) is 0.321. The largest absolute Gasteiger partial charge is 0.385 e. The molecule has 1 aliphatic rings. The van der Waals surface area contributed by atoms with Gasteiger partial charge >= 0.3 is 0 Å². The minimum atomic E-state index is 0.175. The summed E-state index contributed by atoms with van der Waals surface area (Å²) in [5.74, 6) is 0.175. The second-order valence-electron chi connectivity index (χ2n) is 8.76. The smallest absolute Gasteiger partial charge is 0.227 e. The summed E-state index contributed by atoms with van der Waals surface area (Å²) >= 11 is 3.61. The molecule has 0 fully saturated rings. The van der Waals surface area contributed by atoms with Gasteiger partial charge in [0.2, 0.25) is 5.91 Å². The van der Waals surface area contributed by atoms with Crippen LogP contribution in [0.3, 0.4) is 0 Å². The van der Waals surface area contributed by atoms with Crippen molar-refractivity contribution in [2.75, 3.05) is 31.5 Å². The van der Waals surface area contributed by atoms with Gasteiger partial charge in [-0.15, -0.1) is 0 Å². The van der Waals surface area contributed by atoms with Crippen LogP contribution in [0.1, 0.15) is 28.7 Å². The molecule has 0 saturated heterocycles. The molecule has 0 radical (unpaired) electrons. The van der Waals surface area contributed by atoms with Crippen molar-refractivity contribution < 1.29 is 4.79 Å². The molecular formula is C28H32BrN3O. The van der Waals surface area contributed by atoms with E-state index in [0.29, 0.717) is 19.5 Å². The van der Waals surface area contributed by atoms with Crippen LogP contribution in [0.25, 0.3) is 0 Å². The number of carbonyl (C=O) groups is 1. The van der Waals surface area contributed by atoms with E-state index in [1.54, 1.807) is 0 Å². The van der Waals surface area contributed by atoms with Crippen LogP contribution < -0.4 is 5.32 Å². The minimum Gasteiger partial charge on any atom is -0.385 e. The first-order chi connectivity index (χ1) is 16.1. The summed E-state index contributed by atoms with van der Waals surface area (Å²) in [7, 11) is 0. The van der Waals surface area contributed by atoms with Gasteiger partial charge in [-0.3, -0.25) is 9.69 Å². The Bertz CT molecular complexity index is 1070. The number of carbonyl (C=O) groups excluding carboxylic acids is 1. The highest BCUT2D eigenvalue weighted by Gasteiger charge is 2.19. The number of hydrogen-bond acceptors (Lipinski definition) is 3. The van der Waals surface area contributed by atoms with Crippen molar-refractivity contribution in [1.82, 2.24) is 9.80 Å². The number of fused-ring (bicyclic) bond motifs is 1. The third-order valence-electron chi connectivity index (χ3n) is 6.29. The molecule has 4 rings (SSSR count). The van der Waals surface area contributed by atoms with E-state index in [1.807, 2.05) is 17.0 Å². The number of amides is 1. The highest BCUT2D eigenvalue weighted by atomic mass is 79.9. The molecule has 3 aromatic rings. The Morgan fingerprint density at radius 3 is 2.58 bits per heavy atom. The van der Waals surface area contributed by atoms with Crippen molar-refractivity contribution in [1.29, 1.82) is 0 Å². The monoisotopic (exact) mass is 505 g/mol.